The molecular weight excluding hydrogens is 252 g/mol. The van der Waals surface area contributed by atoms with Gasteiger partial charge in [0, 0.05) is 17.0 Å². The van der Waals surface area contributed by atoms with Crippen molar-refractivity contribution in [3.8, 4) is 16.9 Å². The Morgan fingerprint density at radius 1 is 1.15 bits per heavy atom. The van der Waals surface area contributed by atoms with Gasteiger partial charge < -0.3 is 9.15 Å². The minimum atomic E-state index is -0.356. The van der Waals surface area contributed by atoms with Crippen molar-refractivity contribution in [3.05, 3.63) is 64.5 Å². The van der Waals surface area contributed by atoms with Crippen LogP contribution in [0.1, 0.15) is 5.56 Å². The first-order chi connectivity index (χ1) is 9.69. The van der Waals surface area contributed by atoms with Gasteiger partial charge >= 0.3 is 5.63 Å². The highest BCUT2D eigenvalue weighted by Crippen LogP contribution is 2.29. The molecule has 0 bridgehead atoms. The van der Waals surface area contributed by atoms with Gasteiger partial charge in [-0.05, 0) is 42.3 Å². The molecule has 0 saturated carbocycles. The highest BCUT2D eigenvalue weighted by molar-refractivity contribution is 5.94. The molecule has 1 aromatic heterocycles. The van der Waals surface area contributed by atoms with E-state index in [1.54, 1.807) is 7.11 Å². The van der Waals surface area contributed by atoms with Crippen molar-refractivity contribution in [2.24, 2.45) is 0 Å². The zero-order valence-corrected chi connectivity index (χ0v) is 11.3. The van der Waals surface area contributed by atoms with Gasteiger partial charge in [0.1, 0.15) is 11.3 Å². The molecule has 0 aliphatic rings. The number of benzene rings is 2. The largest absolute Gasteiger partial charge is 0.497 e. The summed E-state index contributed by atoms with van der Waals surface area (Å²) >= 11 is 0. The number of fused-ring (bicyclic) bond motifs is 1. The molecule has 0 N–H and O–H groups in total. The Labute approximate surface area is 116 Å². The maximum absolute atomic E-state index is 11.7. The number of ether oxygens (including phenoxy) is 1. The lowest BCUT2D eigenvalue weighted by molar-refractivity contribution is 0.415. The summed E-state index contributed by atoms with van der Waals surface area (Å²) in [6.45, 7) is 1.88. The van der Waals surface area contributed by atoms with Crippen LogP contribution in [0.15, 0.2) is 51.7 Å². The molecule has 0 atom stereocenters. The molecule has 2 aromatic carbocycles. The number of aryl methyl sites for hydroxylation is 1. The standard InChI is InChI=1S/C17H13O3/c1-11-4-3-5-14-15(10-16(18)20-17(11)14)12-6-8-13(19-2)9-7-12/h3,5-10H,1-2H3. The van der Waals surface area contributed by atoms with Crippen LogP contribution in [0.4, 0.5) is 0 Å². The zero-order valence-electron chi connectivity index (χ0n) is 11.3. The van der Waals surface area contributed by atoms with Crippen LogP contribution in [0, 0.1) is 13.0 Å². The van der Waals surface area contributed by atoms with Gasteiger partial charge in [-0.15, -0.1) is 0 Å². The van der Waals surface area contributed by atoms with Crippen molar-refractivity contribution in [1.29, 1.82) is 0 Å². The third-order valence-electron chi connectivity index (χ3n) is 3.29. The lowest BCUT2D eigenvalue weighted by Crippen LogP contribution is -1.99. The Bertz CT molecular complexity index is 814. The van der Waals surface area contributed by atoms with E-state index in [2.05, 4.69) is 6.07 Å². The first-order valence-electron chi connectivity index (χ1n) is 6.28. The number of rotatable bonds is 2. The first-order valence-corrected chi connectivity index (χ1v) is 6.28. The third-order valence-corrected chi connectivity index (χ3v) is 3.29. The van der Waals surface area contributed by atoms with Crippen molar-refractivity contribution in [1.82, 2.24) is 0 Å². The van der Waals surface area contributed by atoms with Crippen LogP contribution in [-0.4, -0.2) is 7.11 Å². The average molecular weight is 265 g/mol. The minimum absolute atomic E-state index is 0.356. The Morgan fingerprint density at radius 2 is 1.90 bits per heavy atom. The second kappa shape index (κ2) is 4.85. The van der Waals surface area contributed by atoms with E-state index in [0.29, 0.717) is 5.58 Å². The predicted molar refractivity (Wildman–Crippen MR) is 78.0 cm³/mol. The van der Waals surface area contributed by atoms with Crippen molar-refractivity contribution in [2.45, 2.75) is 6.92 Å². The summed E-state index contributed by atoms with van der Waals surface area (Å²) in [5, 5.41) is 0.908. The fraction of sp³-hybridized carbons (Fsp3) is 0.118. The van der Waals surface area contributed by atoms with Gasteiger partial charge in [-0.2, -0.15) is 0 Å². The summed E-state index contributed by atoms with van der Waals surface area (Å²) in [6, 6.07) is 15.9. The SMILES string of the molecule is COc1ccc(-c2cc(=O)oc3c(C)[c]ccc23)cc1. The van der Waals surface area contributed by atoms with Gasteiger partial charge in [-0.25, -0.2) is 4.79 Å². The summed E-state index contributed by atoms with van der Waals surface area (Å²) < 4.78 is 10.4. The van der Waals surface area contributed by atoms with E-state index in [-0.39, 0.29) is 5.63 Å². The van der Waals surface area contributed by atoms with E-state index < -0.39 is 0 Å². The van der Waals surface area contributed by atoms with Gasteiger partial charge in [0.25, 0.3) is 0 Å². The van der Waals surface area contributed by atoms with Gasteiger partial charge in [-0.3, -0.25) is 0 Å². The van der Waals surface area contributed by atoms with Crippen LogP contribution < -0.4 is 10.4 Å². The molecule has 3 heteroatoms. The van der Waals surface area contributed by atoms with Crippen molar-refractivity contribution < 1.29 is 9.15 Å². The predicted octanol–water partition coefficient (Wildman–Crippen LogP) is 3.58. The molecule has 99 valence electrons. The topological polar surface area (TPSA) is 39.4 Å². The van der Waals surface area contributed by atoms with Gasteiger partial charge in [0.15, 0.2) is 0 Å². The van der Waals surface area contributed by atoms with E-state index in [1.165, 1.54) is 6.07 Å². The highest BCUT2D eigenvalue weighted by atomic mass is 16.5. The molecule has 3 rings (SSSR count). The molecule has 1 heterocycles. The van der Waals surface area contributed by atoms with Crippen LogP contribution in [0.25, 0.3) is 22.1 Å². The molecule has 0 saturated heterocycles. The van der Waals surface area contributed by atoms with Crippen molar-refractivity contribution in [3.63, 3.8) is 0 Å². The molecule has 0 aliphatic carbocycles. The number of methoxy groups -OCH3 is 1. The summed E-state index contributed by atoms with van der Waals surface area (Å²) in [7, 11) is 1.63. The first kappa shape index (κ1) is 12.5. The maximum atomic E-state index is 11.7. The van der Waals surface area contributed by atoms with Crippen LogP contribution in [0.3, 0.4) is 0 Å². The van der Waals surface area contributed by atoms with E-state index >= 15 is 0 Å². The summed E-state index contributed by atoms with van der Waals surface area (Å²) in [4.78, 5) is 11.7. The normalized spacial score (nSPS) is 10.7. The van der Waals surface area contributed by atoms with Crippen LogP contribution >= 0.6 is 0 Å². The summed E-state index contributed by atoms with van der Waals surface area (Å²) in [5.74, 6) is 0.783. The third kappa shape index (κ3) is 2.07. The molecule has 0 amide bonds. The minimum Gasteiger partial charge on any atom is -0.497 e. The molecule has 3 nitrogen and oxygen atoms in total. The van der Waals surface area contributed by atoms with E-state index in [9.17, 15) is 4.79 Å². The van der Waals surface area contributed by atoms with Crippen LogP contribution in [0.2, 0.25) is 0 Å². The Balaban J connectivity index is 2.29. The van der Waals surface area contributed by atoms with E-state index in [0.717, 1.165) is 27.8 Å². The van der Waals surface area contributed by atoms with Crippen molar-refractivity contribution >= 4 is 11.0 Å². The number of hydrogen-bond donors (Lipinski definition) is 0. The Morgan fingerprint density at radius 3 is 2.60 bits per heavy atom. The van der Waals surface area contributed by atoms with E-state index in [1.807, 2.05) is 43.3 Å². The zero-order chi connectivity index (χ0) is 14.1. The number of hydrogen-bond acceptors (Lipinski definition) is 3. The quantitative estimate of drug-likeness (QED) is 0.665. The molecule has 0 spiro atoms. The van der Waals surface area contributed by atoms with Crippen LogP contribution in [0.5, 0.6) is 5.75 Å². The second-order valence-corrected chi connectivity index (χ2v) is 4.55. The molecule has 20 heavy (non-hydrogen) atoms. The smallest absolute Gasteiger partial charge is 0.336 e. The molecular formula is C17H13O3. The molecule has 0 fully saturated rings. The van der Waals surface area contributed by atoms with Crippen LogP contribution in [-0.2, 0) is 0 Å². The summed E-state index contributed by atoms with van der Waals surface area (Å²) in [6.07, 6.45) is 0. The lowest BCUT2D eigenvalue weighted by Gasteiger charge is -2.07. The molecule has 3 aromatic rings. The fourth-order valence-electron chi connectivity index (χ4n) is 2.27. The fourth-order valence-corrected chi connectivity index (χ4v) is 2.27. The monoisotopic (exact) mass is 265 g/mol. The maximum Gasteiger partial charge on any atom is 0.336 e. The van der Waals surface area contributed by atoms with E-state index in [4.69, 9.17) is 9.15 Å². The molecule has 0 aliphatic heterocycles. The van der Waals surface area contributed by atoms with Gasteiger partial charge in [-0.1, -0.05) is 18.2 Å². The second-order valence-electron chi connectivity index (χ2n) is 4.55. The van der Waals surface area contributed by atoms with Gasteiger partial charge in [0.2, 0.25) is 0 Å². The van der Waals surface area contributed by atoms with Crippen molar-refractivity contribution in [2.75, 3.05) is 7.11 Å². The van der Waals surface area contributed by atoms with Gasteiger partial charge in [0.05, 0.1) is 7.11 Å². The molecule has 0 unspecified atom stereocenters. The molecule has 1 radical (unpaired) electrons. The Hall–Kier alpha value is -2.55. The Kier molecular flexibility index (Phi) is 3.03. The average Bonchev–Trinajstić information content (AvgIpc) is 2.48. The lowest BCUT2D eigenvalue weighted by atomic mass is 10.0. The highest BCUT2D eigenvalue weighted by Gasteiger charge is 2.09. The summed E-state index contributed by atoms with van der Waals surface area (Å²) in [5.41, 5.74) is 2.87.